The number of rotatable bonds is 3. The summed E-state index contributed by atoms with van der Waals surface area (Å²) in [4.78, 5) is 12.3. The molecule has 0 aliphatic rings. The number of anilines is 1. The monoisotopic (exact) mass is 239 g/mol. The van der Waals surface area contributed by atoms with Gasteiger partial charge in [-0.1, -0.05) is 6.07 Å². The maximum absolute atomic E-state index is 11.5. The van der Waals surface area contributed by atoms with Crippen LogP contribution in [0.5, 0.6) is 0 Å². The Bertz CT molecular complexity index is 402. The Balaban J connectivity index is 2.88. The number of hydrogen-bond donors (Lipinski definition) is 2. The zero-order valence-electron chi connectivity index (χ0n) is 9.78. The van der Waals surface area contributed by atoms with Crippen molar-refractivity contribution in [2.45, 2.75) is 25.2 Å². The molecule has 4 heteroatoms. The maximum Gasteiger partial charge on any atom is 0.311 e. The van der Waals surface area contributed by atoms with Crippen molar-refractivity contribution in [3.8, 4) is 0 Å². The highest BCUT2D eigenvalue weighted by molar-refractivity contribution is 7.80. The molecule has 0 amide bonds. The van der Waals surface area contributed by atoms with Gasteiger partial charge in [0.05, 0.1) is 12.5 Å². The third-order valence-electron chi connectivity index (χ3n) is 2.48. The molecular weight excluding hydrogens is 222 g/mol. The van der Waals surface area contributed by atoms with Crippen molar-refractivity contribution in [1.29, 1.82) is 0 Å². The first-order valence-corrected chi connectivity index (χ1v) is 5.47. The van der Waals surface area contributed by atoms with Gasteiger partial charge in [0.25, 0.3) is 0 Å². The Labute approximate surface area is 101 Å². The van der Waals surface area contributed by atoms with E-state index in [1.165, 1.54) is 7.11 Å². The molecule has 0 aromatic heterocycles. The summed E-state index contributed by atoms with van der Waals surface area (Å²) in [5.41, 5.74) is 6.80. The highest BCUT2D eigenvalue weighted by Crippen LogP contribution is 2.26. The number of carbonyl (C=O) groups is 1. The second kappa shape index (κ2) is 4.78. The molecule has 0 bridgehead atoms. The van der Waals surface area contributed by atoms with Crippen molar-refractivity contribution in [2.24, 2.45) is 5.41 Å². The molecule has 0 heterocycles. The highest BCUT2D eigenvalue weighted by Gasteiger charge is 2.28. The van der Waals surface area contributed by atoms with Gasteiger partial charge in [-0.05, 0) is 38.0 Å². The van der Waals surface area contributed by atoms with E-state index in [9.17, 15) is 4.79 Å². The third-order valence-corrected chi connectivity index (χ3v) is 2.87. The van der Waals surface area contributed by atoms with Crippen molar-refractivity contribution >= 4 is 24.3 Å². The van der Waals surface area contributed by atoms with E-state index in [2.05, 4.69) is 12.6 Å². The van der Waals surface area contributed by atoms with E-state index in [1.54, 1.807) is 6.07 Å². The van der Waals surface area contributed by atoms with E-state index < -0.39 is 5.41 Å². The summed E-state index contributed by atoms with van der Waals surface area (Å²) in [6, 6.07) is 5.58. The summed E-state index contributed by atoms with van der Waals surface area (Å²) in [5, 5.41) is 0. The molecule has 0 saturated carbocycles. The normalized spacial score (nSPS) is 11.2. The summed E-state index contributed by atoms with van der Waals surface area (Å²) in [5.74, 6) is -0.218. The van der Waals surface area contributed by atoms with Crippen LogP contribution in [-0.4, -0.2) is 13.1 Å². The predicted molar refractivity (Wildman–Crippen MR) is 67.6 cm³/mol. The Hall–Kier alpha value is -1.16. The summed E-state index contributed by atoms with van der Waals surface area (Å²) in [7, 11) is 1.40. The number of carbonyl (C=O) groups excluding carboxylic acids is 1. The molecule has 3 nitrogen and oxygen atoms in total. The standard InChI is InChI=1S/C12H17NO2S/c1-12(2,11(14)15-3)7-8-4-5-9(13)10(16)6-8/h4-6,16H,7,13H2,1-3H3. The van der Waals surface area contributed by atoms with Crippen LogP contribution in [0.1, 0.15) is 19.4 Å². The molecule has 1 aromatic rings. The van der Waals surface area contributed by atoms with Gasteiger partial charge in [0.15, 0.2) is 0 Å². The molecule has 0 saturated heterocycles. The van der Waals surface area contributed by atoms with Gasteiger partial charge in [0.2, 0.25) is 0 Å². The fourth-order valence-electron chi connectivity index (χ4n) is 1.56. The fourth-order valence-corrected chi connectivity index (χ4v) is 1.80. The lowest BCUT2D eigenvalue weighted by Crippen LogP contribution is -2.27. The molecule has 0 aliphatic carbocycles. The molecule has 0 radical (unpaired) electrons. The van der Waals surface area contributed by atoms with Crippen LogP contribution in [0.25, 0.3) is 0 Å². The quantitative estimate of drug-likeness (QED) is 0.483. The Morgan fingerprint density at radius 3 is 2.62 bits per heavy atom. The van der Waals surface area contributed by atoms with E-state index in [-0.39, 0.29) is 5.97 Å². The molecule has 16 heavy (non-hydrogen) atoms. The average Bonchev–Trinajstić information content (AvgIpc) is 2.22. The van der Waals surface area contributed by atoms with E-state index in [1.807, 2.05) is 26.0 Å². The van der Waals surface area contributed by atoms with E-state index in [0.717, 1.165) is 10.5 Å². The van der Waals surface area contributed by atoms with Gasteiger partial charge < -0.3 is 10.5 Å². The second-order valence-corrected chi connectivity index (χ2v) is 4.93. The first-order chi connectivity index (χ1) is 7.36. The van der Waals surface area contributed by atoms with Crippen LogP contribution >= 0.6 is 12.6 Å². The van der Waals surface area contributed by atoms with E-state index in [4.69, 9.17) is 10.5 Å². The summed E-state index contributed by atoms with van der Waals surface area (Å²) in [6.07, 6.45) is 0.605. The molecule has 0 unspecified atom stereocenters. The lowest BCUT2D eigenvalue weighted by atomic mass is 9.86. The zero-order chi connectivity index (χ0) is 12.3. The van der Waals surface area contributed by atoms with Crippen molar-refractivity contribution in [2.75, 3.05) is 12.8 Å². The molecule has 0 atom stereocenters. The Morgan fingerprint density at radius 1 is 1.50 bits per heavy atom. The first kappa shape index (κ1) is 12.9. The molecule has 1 aromatic carbocycles. The Morgan fingerprint density at radius 2 is 2.12 bits per heavy atom. The van der Waals surface area contributed by atoms with Gasteiger partial charge in [0.1, 0.15) is 0 Å². The molecular formula is C12H17NO2S. The zero-order valence-corrected chi connectivity index (χ0v) is 10.7. The first-order valence-electron chi connectivity index (χ1n) is 5.02. The molecule has 0 fully saturated rings. The van der Waals surface area contributed by atoms with E-state index >= 15 is 0 Å². The van der Waals surface area contributed by atoms with Crippen molar-refractivity contribution in [3.63, 3.8) is 0 Å². The molecule has 88 valence electrons. The number of benzene rings is 1. The number of methoxy groups -OCH3 is 1. The lowest BCUT2D eigenvalue weighted by molar-refractivity contribution is -0.150. The van der Waals surface area contributed by atoms with Crippen LogP contribution in [0.15, 0.2) is 23.1 Å². The number of thiol groups is 1. The van der Waals surface area contributed by atoms with Crippen LogP contribution < -0.4 is 5.73 Å². The molecule has 2 N–H and O–H groups in total. The number of hydrogen-bond acceptors (Lipinski definition) is 4. The SMILES string of the molecule is COC(=O)C(C)(C)Cc1ccc(N)c(S)c1. The van der Waals surface area contributed by atoms with Crippen LogP contribution in [0.3, 0.4) is 0 Å². The summed E-state index contributed by atoms with van der Waals surface area (Å²) in [6.45, 7) is 3.71. The lowest BCUT2D eigenvalue weighted by Gasteiger charge is -2.21. The predicted octanol–water partition coefficient (Wildman–Crippen LogP) is 2.30. The van der Waals surface area contributed by atoms with Gasteiger partial charge in [0, 0.05) is 10.6 Å². The largest absolute Gasteiger partial charge is 0.469 e. The van der Waals surface area contributed by atoms with Gasteiger partial charge in [-0.2, -0.15) is 0 Å². The van der Waals surface area contributed by atoms with Crippen LogP contribution in [0, 0.1) is 5.41 Å². The van der Waals surface area contributed by atoms with Crippen molar-refractivity contribution in [3.05, 3.63) is 23.8 Å². The second-order valence-electron chi connectivity index (χ2n) is 4.45. The van der Waals surface area contributed by atoms with Crippen LogP contribution in [0.2, 0.25) is 0 Å². The number of nitrogen functional groups attached to an aromatic ring is 1. The number of nitrogens with two attached hydrogens (primary N) is 1. The number of ether oxygens (including phenoxy) is 1. The Kier molecular flexibility index (Phi) is 3.86. The van der Waals surface area contributed by atoms with Gasteiger partial charge in [-0.25, -0.2) is 0 Å². The average molecular weight is 239 g/mol. The molecule has 0 aliphatic heterocycles. The topological polar surface area (TPSA) is 52.3 Å². The van der Waals surface area contributed by atoms with Crippen LogP contribution in [0.4, 0.5) is 5.69 Å². The van der Waals surface area contributed by atoms with Gasteiger partial charge in [-0.3, -0.25) is 4.79 Å². The van der Waals surface area contributed by atoms with Crippen molar-refractivity contribution in [1.82, 2.24) is 0 Å². The molecule has 0 spiro atoms. The minimum absolute atomic E-state index is 0.218. The minimum atomic E-state index is -0.537. The third kappa shape index (κ3) is 2.92. The van der Waals surface area contributed by atoms with Crippen molar-refractivity contribution < 1.29 is 9.53 Å². The smallest absolute Gasteiger partial charge is 0.311 e. The molecule has 1 rings (SSSR count). The maximum atomic E-state index is 11.5. The minimum Gasteiger partial charge on any atom is -0.469 e. The van der Waals surface area contributed by atoms with Gasteiger partial charge >= 0.3 is 5.97 Å². The van der Waals surface area contributed by atoms with Gasteiger partial charge in [-0.15, -0.1) is 12.6 Å². The summed E-state index contributed by atoms with van der Waals surface area (Å²) >= 11 is 4.25. The van der Waals surface area contributed by atoms with Crippen LogP contribution in [-0.2, 0) is 16.0 Å². The number of esters is 1. The summed E-state index contributed by atoms with van der Waals surface area (Å²) < 4.78 is 4.76. The van der Waals surface area contributed by atoms with E-state index in [0.29, 0.717) is 12.1 Å². The fraction of sp³-hybridized carbons (Fsp3) is 0.417. The highest BCUT2D eigenvalue weighted by atomic mass is 32.1.